The molecule has 17 heavy (non-hydrogen) atoms. The van der Waals surface area contributed by atoms with Gasteiger partial charge in [-0.25, -0.2) is 0 Å². The summed E-state index contributed by atoms with van der Waals surface area (Å²) in [5.41, 5.74) is 1.38. The maximum absolute atomic E-state index is 4.30. The van der Waals surface area contributed by atoms with E-state index in [2.05, 4.69) is 30.6 Å². The lowest BCUT2D eigenvalue weighted by Gasteiger charge is -2.30. The Balaban J connectivity index is 1.84. The molecule has 98 valence electrons. The number of hydrogen-bond donors (Lipinski definition) is 1. The number of piperidine rings is 1. The quantitative estimate of drug-likeness (QED) is 0.807. The molecule has 2 heterocycles. The van der Waals surface area contributed by atoms with E-state index >= 15 is 0 Å². The van der Waals surface area contributed by atoms with Gasteiger partial charge in [-0.1, -0.05) is 20.4 Å². The smallest absolute Gasteiger partial charge is 0.0206 e. The molecule has 0 saturated carbocycles. The number of nitrogens with zero attached hydrogens (tertiary/aromatic N) is 1. The van der Waals surface area contributed by atoms with Crippen molar-refractivity contribution in [2.24, 2.45) is 17.8 Å². The molecule has 2 saturated heterocycles. The Morgan fingerprint density at radius 2 is 2.00 bits per heavy atom. The summed E-state index contributed by atoms with van der Waals surface area (Å²) < 4.78 is 0. The maximum atomic E-state index is 4.30. The summed E-state index contributed by atoms with van der Waals surface area (Å²) in [4.78, 5) is 2.56. The second kappa shape index (κ2) is 5.90. The van der Waals surface area contributed by atoms with Gasteiger partial charge < -0.3 is 10.2 Å². The van der Waals surface area contributed by atoms with Gasteiger partial charge in [-0.3, -0.25) is 0 Å². The minimum Gasteiger partial charge on any atom is -0.375 e. The molecule has 2 atom stereocenters. The Kier molecular flexibility index (Phi) is 4.49. The zero-order chi connectivity index (χ0) is 12.3. The van der Waals surface area contributed by atoms with Crippen molar-refractivity contribution in [3.8, 4) is 0 Å². The topological polar surface area (TPSA) is 15.3 Å². The van der Waals surface area contributed by atoms with Crippen molar-refractivity contribution in [2.45, 2.75) is 39.5 Å². The molecule has 0 aromatic heterocycles. The number of nitrogens with one attached hydrogen (secondary N) is 1. The van der Waals surface area contributed by atoms with Crippen molar-refractivity contribution < 1.29 is 0 Å². The largest absolute Gasteiger partial charge is 0.375 e. The Morgan fingerprint density at radius 1 is 1.29 bits per heavy atom. The predicted molar refractivity (Wildman–Crippen MR) is 73.9 cm³/mol. The molecular formula is C15H28N2. The normalized spacial score (nSPS) is 28.4. The Hall–Kier alpha value is -0.500. The molecule has 0 aromatic rings. The Morgan fingerprint density at radius 3 is 2.65 bits per heavy atom. The minimum atomic E-state index is 0.654. The van der Waals surface area contributed by atoms with E-state index in [1.807, 2.05) is 0 Å². The third-order valence-corrected chi connectivity index (χ3v) is 4.86. The monoisotopic (exact) mass is 236 g/mol. The van der Waals surface area contributed by atoms with E-state index in [9.17, 15) is 0 Å². The number of hydrogen-bond acceptors (Lipinski definition) is 2. The van der Waals surface area contributed by atoms with Crippen LogP contribution in [-0.4, -0.2) is 31.1 Å². The van der Waals surface area contributed by atoms with Crippen LogP contribution in [0.4, 0.5) is 0 Å². The summed E-state index contributed by atoms with van der Waals surface area (Å²) >= 11 is 0. The minimum absolute atomic E-state index is 0.654. The first-order valence-corrected chi connectivity index (χ1v) is 7.36. The molecular weight excluding hydrogens is 208 g/mol. The highest BCUT2D eigenvalue weighted by atomic mass is 15.2. The van der Waals surface area contributed by atoms with Crippen LogP contribution in [0.2, 0.25) is 0 Å². The van der Waals surface area contributed by atoms with Gasteiger partial charge in [0.05, 0.1) is 0 Å². The molecule has 0 bridgehead atoms. The molecule has 0 radical (unpaired) electrons. The van der Waals surface area contributed by atoms with Crippen LogP contribution < -0.4 is 5.32 Å². The lowest BCUT2D eigenvalue weighted by atomic mass is 9.84. The lowest BCUT2D eigenvalue weighted by molar-refractivity contribution is 0.254. The molecule has 0 aliphatic carbocycles. The third kappa shape index (κ3) is 3.04. The second-order valence-electron chi connectivity index (χ2n) is 5.88. The van der Waals surface area contributed by atoms with Crippen LogP contribution >= 0.6 is 0 Å². The lowest BCUT2D eigenvalue weighted by Crippen LogP contribution is -2.33. The molecule has 2 rings (SSSR count). The Bertz CT molecular complexity index is 256. The molecule has 2 heteroatoms. The molecule has 1 N–H and O–H groups in total. The fourth-order valence-electron chi connectivity index (χ4n) is 3.30. The SMILES string of the molecule is C=C(C(C)CC)N1CCC(C2CCNCC2)C1. The van der Waals surface area contributed by atoms with Crippen LogP contribution in [0.25, 0.3) is 0 Å². The van der Waals surface area contributed by atoms with E-state index in [1.165, 1.54) is 57.6 Å². The van der Waals surface area contributed by atoms with Gasteiger partial charge in [0.1, 0.15) is 0 Å². The van der Waals surface area contributed by atoms with Crippen LogP contribution in [0.1, 0.15) is 39.5 Å². The third-order valence-electron chi connectivity index (χ3n) is 4.86. The highest BCUT2D eigenvalue weighted by Gasteiger charge is 2.31. The van der Waals surface area contributed by atoms with Gasteiger partial charge in [-0.2, -0.15) is 0 Å². The van der Waals surface area contributed by atoms with Gasteiger partial charge in [0.25, 0.3) is 0 Å². The molecule has 0 spiro atoms. The van der Waals surface area contributed by atoms with Gasteiger partial charge in [0.2, 0.25) is 0 Å². The van der Waals surface area contributed by atoms with Crippen molar-refractivity contribution in [3.63, 3.8) is 0 Å². The van der Waals surface area contributed by atoms with Gasteiger partial charge in [-0.15, -0.1) is 0 Å². The number of likely N-dealkylation sites (tertiary alicyclic amines) is 1. The van der Waals surface area contributed by atoms with Crippen LogP contribution in [-0.2, 0) is 0 Å². The molecule has 2 nitrogen and oxygen atoms in total. The standard InChI is InChI=1S/C15H28N2/c1-4-12(2)13(3)17-10-7-15(11-17)14-5-8-16-9-6-14/h12,14-16H,3-11H2,1-2H3. The average Bonchev–Trinajstić information content (AvgIpc) is 2.87. The van der Waals surface area contributed by atoms with Gasteiger partial charge in [-0.05, 0) is 56.5 Å². The summed E-state index contributed by atoms with van der Waals surface area (Å²) in [5.74, 6) is 2.55. The van der Waals surface area contributed by atoms with Gasteiger partial charge >= 0.3 is 0 Å². The van der Waals surface area contributed by atoms with E-state index in [4.69, 9.17) is 0 Å². The molecule has 2 unspecified atom stereocenters. The molecule has 2 fully saturated rings. The van der Waals surface area contributed by atoms with Gasteiger partial charge in [0.15, 0.2) is 0 Å². The first kappa shape index (κ1) is 12.9. The van der Waals surface area contributed by atoms with Gasteiger partial charge in [0, 0.05) is 18.8 Å². The molecule has 2 aliphatic rings. The van der Waals surface area contributed by atoms with E-state index in [1.54, 1.807) is 0 Å². The first-order chi connectivity index (χ1) is 8.22. The fraction of sp³-hybridized carbons (Fsp3) is 0.867. The molecule has 2 aliphatic heterocycles. The predicted octanol–water partition coefficient (Wildman–Crippen LogP) is 2.87. The van der Waals surface area contributed by atoms with Crippen LogP contribution in [0, 0.1) is 17.8 Å². The van der Waals surface area contributed by atoms with Crippen molar-refractivity contribution in [2.75, 3.05) is 26.2 Å². The zero-order valence-corrected chi connectivity index (χ0v) is 11.5. The van der Waals surface area contributed by atoms with Crippen molar-refractivity contribution >= 4 is 0 Å². The van der Waals surface area contributed by atoms with Crippen LogP contribution in [0.5, 0.6) is 0 Å². The summed E-state index contributed by atoms with van der Waals surface area (Å²) in [5, 5.41) is 3.47. The molecule has 0 amide bonds. The van der Waals surface area contributed by atoms with Crippen molar-refractivity contribution in [1.29, 1.82) is 0 Å². The van der Waals surface area contributed by atoms with E-state index < -0.39 is 0 Å². The van der Waals surface area contributed by atoms with E-state index in [0.717, 1.165) is 11.8 Å². The summed E-state index contributed by atoms with van der Waals surface area (Å²) in [6.07, 6.45) is 5.37. The van der Waals surface area contributed by atoms with E-state index in [-0.39, 0.29) is 0 Å². The average molecular weight is 236 g/mol. The zero-order valence-electron chi connectivity index (χ0n) is 11.5. The highest BCUT2D eigenvalue weighted by molar-refractivity contribution is 5.02. The number of rotatable bonds is 4. The summed E-state index contributed by atoms with van der Waals surface area (Å²) in [6, 6.07) is 0. The Labute approximate surface area is 106 Å². The van der Waals surface area contributed by atoms with Crippen LogP contribution in [0.3, 0.4) is 0 Å². The highest BCUT2D eigenvalue weighted by Crippen LogP contribution is 2.33. The second-order valence-corrected chi connectivity index (χ2v) is 5.88. The first-order valence-electron chi connectivity index (χ1n) is 7.36. The summed E-state index contributed by atoms with van der Waals surface area (Å²) in [6.45, 7) is 13.8. The molecule has 0 aromatic carbocycles. The summed E-state index contributed by atoms with van der Waals surface area (Å²) in [7, 11) is 0. The maximum Gasteiger partial charge on any atom is 0.0206 e. The van der Waals surface area contributed by atoms with E-state index in [0.29, 0.717) is 5.92 Å². The van der Waals surface area contributed by atoms with Crippen molar-refractivity contribution in [3.05, 3.63) is 12.3 Å². The van der Waals surface area contributed by atoms with Crippen molar-refractivity contribution in [1.82, 2.24) is 10.2 Å². The fourth-order valence-corrected chi connectivity index (χ4v) is 3.30. The van der Waals surface area contributed by atoms with Crippen LogP contribution in [0.15, 0.2) is 12.3 Å². The number of allylic oxidation sites excluding steroid dienone is 1.